The summed E-state index contributed by atoms with van der Waals surface area (Å²) in [4.78, 5) is 0. The molecule has 0 heterocycles. The number of fused-ring (bicyclic) bond motifs is 1. The van der Waals surface area contributed by atoms with E-state index in [0.717, 1.165) is 18.6 Å². The molecule has 0 amide bonds. The second-order valence-electron chi connectivity index (χ2n) is 6.70. The average Bonchev–Trinajstić information content (AvgIpc) is 2.45. The van der Waals surface area contributed by atoms with Gasteiger partial charge in [-0.3, -0.25) is 0 Å². The van der Waals surface area contributed by atoms with Gasteiger partial charge in [0.25, 0.3) is 5.95 Å². The van der Waals surface area contributed by atoms with Crippen LogP contribution in [-0.2, 0) is 15.6 Å². The van der Waals surface area contributed by atoms with Gasteiger partial charge in [0.1, 0.15) is 5.75 Å². The largest absolute Gasteiger partial charge is 0.520 e. The minimum atomic E-state index is -1.66. The monoisotopic (exact) mass is 320 g/mol. The van der Waals surface area contributed by atoms with Crippen LogP contribution in [0.5, 0.6) is 5.75 Å². The molecule has 1 aromatic rings. The van der Waals surface area contributed by atoms with Crippen LogP contribution in [0.15, 0.2) is 30.2 Å². The fourth-order valence-corrected chi connectivity index (χ4v) is 3.58. The van der Waals surface area contributed by atoms with Crippen molar-refractivity contribution in [1.29, 1.82) is 0 Å². The molecule has 0 N–H and O–H groups in total. The quantitative estimate of drug-likeness (QED) is 0.554. The zero-order valence-corrected chi connectivity index (χ0v) is 15.4. The van der Waals surface area contributed by atoms with E-state index in [9.17, 15) is 0 Å². The third kappa shape index (κ3) is 4.53. The minimum Gasteiger partial charge on any atom is -0.520 e. The van der Waals surface area contributed by atoms with Gasteiger partial charge in [-0.25, -0.2) is 0 Å². The number of methoxy groups -OCH3 is 1. The Labute approximate surface area is 135 Å². The first kappa shape index (κ1) is 16.9. The van der Waals surface area contributed by atoms with Gasteiger partial charge in [-0.2, -0.15) is 0 Å². The molecule has 1 aliphatic carbocycles. The molecule has 0 unspecified atom stereocenters. The molecule has 0 aliphatic heterocycles. The second-order valence-corrected chi connectivity index (χ2v) is 11.1. The van der Waals surface area contributed by atoms with Gasteiger partial charge < -0.3 is 13.9 Å². The van der Waals surface area contributed by atoms with Crippen molar-refractivity contribution in [1.82, 2.24) is 0 Å². The van der Waals surface area contributed by atoms with Crippen molar-refractivity contribution in [3.05, 3.63) is 41.3 Å². The van der Waals surface area contributed by atoms with Gasteiger partial charge in [-0.15, -0.1) is 0 Å². The Bertz CT molecular complexity index is 532. The van der Waals surface area contributed by atoms with E-state index < -0.39 is 8.32 Å². The normalized spacial score (nSPS) is 18.6. The number of hydrogen-bond acceptors (Lipinski definition) is 3. The first-order valence-electron chi connectivity index (χ1n) is 8.13. The van der Waals surface area contributed by atoms with E-state index in [1.54, 1.807) is 7.11 Å². The van der Waals surface area contributed by atoms with Crippen LogP contribution in [0, 0.1) is 0 Å². The standard InChI is InChI=1S/C18H28O3Si/c1-6-20-18(21-22(3,4)5)13-15-9-7-8-14-12-16(19-2)10-11-17(14)15/h10-13,15H,6-9H2,1-5H3/b18-13-/t15-/m0/s1. The maximum atomic E-state index is 6.09. The Morgan fingerprint density at radius 1 is 1.32 bits per heavy atom. The third-order valence-electron chi connectivity index (χ3n) is 3.74. The van der Waals surface area contributed by atoms with Crippen molar-refractivity contribution in [3.8, 4) is 5.75 Å². The van der Waals surface area contributed by atoms with E-state index in [0.29, 0.717) is 18.5 Å². The lowest BCUT2D eigenvalue weighted by atomic mass is 9.82. The summed E-state index contributed by atoms with van der Waals surface area (Å²) in [5.74, 6) is 2.01. The van der Waals surface area contributed by atoms with Gasteiger partial charge in [0, 0.05) is 12.0 Å². The first-order chi connectivity index (χ1) is 10.4. The molecule has 0 fully saturated rings. The highest BCUT2D eigenvalue weighted by atomic mass is 28.4. The number of rotatable bonds is 6. The van der Waals surface area contributed by atoms with E-state index in [4.69, 9.17) is 13.9 Å². The topological polar surface area (TPSA) is 27.7 Å². The molecule has 0 saturated carbocycles. The molecule has 122 valence electrons. The zero-order chi connectivity index (χ0) is 16.2. The van der Waals surface area contributed by atoms with E-state index in [-0.39, 0.29) is 0 Å². The predicted octanol–water partition coefficient (Wildman–Crippen LogP) is 4.84. The van der Waals surface area contributed by atoms with Crippen molar-refractivity contribution >= 4 is 8.32 Å². The molecule has 0 spiro atoms. The van der Waals surface area contributed by atoms with Crippen LogP contribution >= 0.6 is 0 Å². The molecule has 3 nitrogen and oxygen atoms in total. The van der Waals surface area contributed by atoms with Gasteiger partial charge in [0.15, 0.2) is 0 Å². The Balaban J connectivity index is 2.27. The Morgan fingerprint density at radius 3 is 2.73 bits per heavy atom. The van der Waals surface area contributed by atoms with Crippen LogP contribution in [0.4, 0.5) is 0 Å². The summed E-state index contributed by atoms with van der Waals surface area (Å²) >= 11 is 0. The number of allylic oxidation sites excluding steroid dienone is 1. The van der Waals surface area contributed by atoms with Crippen molar-refractivity contribution in [3.63, 3.8) is 0 Å². The number of benzene rings is 1. The Kier molecular flexibility index (Phi) is 5.56. The van der Waals surface area contributed by atoms with Gasteiger partial charge in [-0.1, -0.05) is 6.07 Å². The van der Waals surface area contributed by atoms with E-state index in [1.165, 1.54) is 17.5 Å². The molecule has 1 aromatic carbocycles. The van der Waals surface area contributed by atoms with Crippen molar-refractivity contribution in [2.24, 2.45) is 0 Å². The lowest BCUT2D eigenvalue weighted by molar-refractivity contribution is 0.110. The van der Waals surface area contributed by atoms with Crippen LogP contribution in [0.1, 0.15) is 36.8 Å². The highest BCUT2D eigenvalue weighted by Crippen LogP contribution is 2.35. The molecular weight excluding hydrogens is 292 g/mol. The van der Waals surface area contributed by atoms with E-state index in [1.807, 2.05) is 13.0 Å². The molecule has 2 rings (SSSR count). The second kappa shape index (κ2) is 7.23. The molecule has 0 radical (unpaired) electrons. The van der Waals surface area contributed by atoms with Gasteiger partial charge >= 0.3 is 0 Å². The van der Waals surface area contributed by atoms with Gasteiger partial charge in [0.05, 0.1) is 13.7 Å². The van der Waals surface area contributed by atoms with Crippen molar-refractivity contribution in [2.45, 2.75) is 51.7 Å². The summed E-state index contributed by atoms with van der Waals surface area (Å²) < 4.78 is 17.2. The van der Waals surface area contributed by atoms with Crippen LogP contribution in [0.2, 0.25) is 19.6 Å². The zero-order valence-electron chi connectivity index (χ0n) is 14.4. The summed E-state index contributed by atoms with van der Waals surface area (Å²) in [6, 6.07) is 6.40. The SMILES string of the molecule is CCO/C(=C/[C@@H]1CCCc2cc(OC)ccc21)O[Si](C)(C)C. The maximum Gasteiger partial charge on any atom is 0.261 e. The first-order valence-corrected chi connectivity index (χ1v) is 11.5. The van der Waals surface area contributed by atoms with Gasteiger partial charge in [-0.05, 0) is 69.1 Å². The van der Waals surface area contributed by atoms with Crippen LogP contribution in [0.3, 0.4) is 0 Å². The van der Waals surface area contributed by atoms with Crippen LogP contribution < -0.4 is 4.74 Å². The van der Waals surface area contributed by atoms with Crippen LogP contribution in [-0.4, -0.2) is 22.0 Å². The van der Waals surface area contributed by atoms with Crippen molar-refractivity contribution in [2.75, 3.05) is 13.7 Å². The summed E-state index contributed by atoms with van der Waals surface area (Å²) in [5, 5.41) is 0. The average molecular weight is 321 g/mol. The molecular formula is C18H28O3Si. The predicted molar refractivity (Wildman–Crippen MR) is 92.8 cm³/mol. The van der Waals surface area contributed by atoms with Gasteiger partial charge in [0.2, 0.25) is 8.32 Å². The molecule has 0 saturated heterocycles. The Hall–Kier alpha value is -1.42. The molecule has 0 bridgehead atoms. The smallest absolute Gasteiger partial charge is 0.261 e. The fraction of sp³-hybridized carbons (Fsp3) is 0.556. The van der Waals surface area contributed by atoms with Crippen molar-refractivity contribution < 1.29 is 13.9 Å². The molecule has 0 aromatic heterocycles. The number of aryl methyl sites for hydroxylation is 1. The minimum absolute atomic E-state index is 0.368. The molecule has 1 aliphatic rings. The molecule has 1 atom stereocenters. The fourth-order valence-electron chi connectivity index (χ4n) is 2.85. The third-order valence-corrected chi connectivity index (χ3v) is 4.56. The lowest BCUT2D eigenvalue weighted by Gasteiger charge is -2.26. The summed E-state index contributed by atoms with van der Waals surface area (Å²) in [5.41, 5.74) is 2.76. The molecule has 4 heteroatoms. The number of ether oxygens (including phenoxy) is 2. The van der Waals surface area contributed by atoms with E-state index in [2.05, 4.69) is 37.8 Å². The summed E-state index contributed by atoms with van der Waals surface area (Å²) in [7, 11) is 0.0575. The Morgan fingerprint density at radius 2 is 2.09 bits per heavy atom. The maximum absolute atomic E-state index is 6.09. The van der Waals surface area contributed by atoms with E-state index >= 15 is 0 Å². The number of hydrogen-bond donors (Lipinski definition) is 0. The van der Waals surface area contributed by atoms with Crippen LogP contribution in [0.25, 0.3) is 0 Å². The lowest BCUT2D eigenvalue weighted by Crippen LogP contribution is -2.26. The summed E-state index contributed by atoms with van der Waals surface area (Å²) in [6.45, 7) is 9.18. The highest BCUT2D eigenvalue weighted by molar-refractivity contribution is 6.70. The highest BCUT2D eigenvalue weighted by Gasteiger charge is 2.23. The molecule has 22 heavy (non-hydrogen) atoms. The summed E-state index contributed by atoms with van der Waals surface area (Å²) in [6.07, 6.45) is 5.63.